The van der Waals surface area contributed by atoms with Crippen molar-refractivity contribution in [3.05, 3.63) is 15.6 Å². The summed E-state index contributed by atoms with van der Waals surface area (Å²) in [6.07, 6.45) is 9.31. The number of thiazole rings is 1. The zero-order chi connectivity index (χ0) is 13.0. The van der Waals surface area contributed by atoms with E-state index in [4.69, 9.17) is 0 Å². The molecule has 1 aromatic heterocycles. The van der Waals surface area contributed by atoms with E-state index in [1.807, 2.05) is 0 Å². The molecule has 0 saturated heterocycles. The van der Waals surface area contributed by atoms with Crippen molar-refractivity contribution in [2.45, 2.75) is 65.2 Å². The van der Waals surface area contributed by atoms with Gasteiger partial charge in [-0.2, -0.15) is 5.26 Å². The molecule has 1 heterocycles. The van der Waals surface area contributed by atoms with Crippen molar-refractivity contribution in [2.24, 2.45) is 5.41 Å². The van der Waals surface area contributed by atoms with Gasteiger partial charge < -0.3 is 0 Å². The van der Waals surface area contributed by atoms with Gasteiger partial charge in [-0.15, -0.1) is 11.3 Å². The minimum absolute atomic E-state index is 0.142. The average Bonchev–Trinajstić information content (AvgIpc) is 2.62. The molecule has 0 N–H and O–H groups in total. The smallest absolute Gasteiger partial charge is 0.0946 e. The first-order valence-corrected chi connectivity index (χ1v) is 7.81. The van der Waals surface area contributed by atoms with E-state index in [1.54, 1.807) is 11.3 Å². The van der Waals surface area contributed by atoms with E-state index in [2.05, 4.69) is 24.9 Å². The van der Waals surface area contributed by atoms with Gasteiger partial charge in [0.2, 0.25) is 0 Å². The van der Waals surface area contributed by atoms with Crippen molar-refractivity contribution in [2.75, 3.05) is 0 Å². The SMILES string of the molecule is Cc1nc(CC2(C#N)CCCCCCC2)sc1C. The van der Waals surface area contributed by atoms with Gasteiger partial charge in [-0.05, 0) is 26.7 Å². The number of rotatable bonds is 2. The van der Waals surface area contributed by atoms with E-state index in [0.29, 0.717) is 0 Å². The third-order valence-electron chi connectivity index (χ3n) is 4.11. The van der Waals surface area contributed by atoms with E-state index in [9.17, 15) is 5.26 Å². The van der Waals surface area contributed by atoms with Crippen molar-refractivity contribution in [1.29, 1.82) is 5.26 Å². The average molecular weight is 262 g/mol. The normalized spacial score (nSPS) is 19.8. The van der Waals surface area contributed by atoms with E-state index in [-0.39, 0.29) is 5.41 Å². The number of hydrogen-bond acceptors (Lipinski definition) is 3. The van der Waals surface area contributed by atoms with Gasteiger partial charge in [0.05, 0.1) is 22.2 Å². The molecule has 18 heavy (non-hydrogen) atoms. The Labute approximate surface area is 114 Å². The summed E-state index contributed by atoms with van der Waals surface area (Å²) in [6.45, 7) is 4.18. The molecule has 0 atom stereocenters. The lowest BCUT2D eigenvalue weighted by atomic mass is 9.75. The van der Waals surface area contributed by atoms with Gasteiger partial charge >= 0.3 is 0 Å². The van der Waals surface area contributed by atoms with Crippen LogP contribution in [0.4, 0.5) is 0 Å². The Morgan fingerprint density at radius 2 is 1.78 bits per heavy atom. The maximum absolute atomic E-state index is 9.62. The summed E-state index contributed by atoms with van der Waals surface area (Å²) in [6, 6.07) is 2.63. The Morgan fingerprint density at radius 3 is 2.28 bits per heavy atom. The van der Waals surface area contributed by atoms with Crippen LogP contribution < -0.4 is 0 Å². The summed E-state index contributed by atoms with van der Waals surface area (Å²) < 4.78 is 0. The van der Waals surface area contributed by atoms with Crippen molar-refractivity contribution in [3.8, 4) is 6.07 Å². The highest BCUT2D eigenvalue weighted by molar-refractivity contribution is 7.11. The van der Waals surface area contributed by atoms with Crippen LogP contribution in [0, 0.1) is 30.6 Å². The molecule has 2 rings (SSSR count). The maximum Gasteiger partial charge on any atom is 0.0946 e. The summed E-state index contributed by atoms with van der Waals surface area (Å²) >= 11 is 1.77. The van der Waals surface area contributed by atoms with Crippen molar-refractivity contribution in [3.63, 3.8) is 0 Å². The van der Waals surface area contributed by atoms with Crippen LogP contribution in [0.25, 0.3) is 0 Å². The van der Waals surface area contributed by atoms with E-state index in [1.165, 1.54) is 37.0 Å². The molecule has 0 amide bonds. The van der Waals surface area contributed by atoms with E-state index >= 15 is 0 Å². The van der Waals surface area contributed by atoms with E-state index in [0.717, 1.165) is 30.0 Å². The number of nitrogens with zero attached hydrogens (tertiary/aromatic N) is 2. The lowest BCUT2D eigenvalue weighted by molar-refractivity contribution is 0.287. The van der Waals surface area contributed by atoms with Crippen LogP contribution in [-0.4, -0.2) is 4.98 Å². The number of nitriles is 1. The van der Waals surface area contributed by atoms with Gasteiger partial charge in [0.1, 0.15) is 0 Å². The van der Waals surface area contributed by atoms with Gasteiger partial charge in [0, 0.05) is 11.3 Å². The van der Waals surface area contributed by atoms with Crippen LogP contribution in [-0.2, 0) is 6.42 Å². The fourth-order valence-electron chi connectivity index (χ4n) is 2.81. The third-order valence-corrected chi connectivity index (χ3v) is 5.18. The van der Waals surface area contributed by atoms with Gasteiger partial charge in [0.25, 0.3) is 0 Å². The summed E-state index contributed by atoms with van der Waals surface area (Å²) in [5.74, 6) is 0. The number of hydrogen-bond donors (Lipinski definition) is 0. The second-order valence-corrected chi connectivity index (χ2v) is 6.87. The van der Waals surface area contributed by atoms with Gasteiger partial charge in [-0.3, -0.25) is 0 Å². The highest BCUT2D eigenvalue weighted by Crippen LogP contribution is 2.37. The zero-order valence-electron chi connectivity index (χ0n) is 11.5. The standard InChI is InChI=1S/C15H22N2S/c1-12-13(2)18-14(17-12)10-15(11-16)8-6-4-3-5-7-9-15/h3-10H2,1-2H3. The minimum Gasteiger partial charge on any atom is -0.246 e. The number of aromatic nitrogens is 1. The molecule has 0 radical (unpaired) electrons. The van der Waals surface area contributed by atoms with Gasteiger partial charge in [0.15, 0.2) is 0 Å². The fraction of sp³-hybridized carbons (Fsp3) is 0.733. The second kappa shape index (κ2) is 5.84. The molecule has 1 saturated carbocycles. The fourth-order valence-corrected chi connectivity index (χ4v) is 3.89. The molecule has 1 aromatic rings. The van der Waals surface area contributed by atoms with Gasteiger partial charge in [-0.1, -0.05) is 32.1 Å². The van der Waals surface area contributed by atoms with Crippen LogP contribution in [0.1, 0.15) is 60.5 Å². The molecule has 1 fully saturated rings. The largest absolute Gasteiger partial charge is 0.246 e. The first-order chi connectivity index (χ1) is 8.65. The molecule has 3 heteroatoms. The molecule has 0 bridgehead atoms. The van der Waals surface area contributed by atoms with Crippen molar-refractivity contribution in [1.82, 2.24) is 4.98 Å². The van der Waals surface area contributed by atoms with Crippen LogP contribution in [0.3, 0.4) is 0 Å². The molecular formula is C15H22N2S. The summed E-state index contributed by atoms with van der Waals surface area (Å²) in [5, 5.41) is 10.8. The zero-order valence-corrected chi connectivity index (χ0v) is 12.3. The lowest BCUT2D eigenvalue weighted by Crippen LogP contribution is -2.23. The van der Waals surface area contributed by atoms with Crippen molar-refractivity contribution >= 4 is 11.3 Å². The Bertz CT molecular complexity index is 414. The van der Waals surface area contributed by atoms with Crippen LogP contribution in [0.15, 0.2) is 0 Å². The molecule has 0 spiro atoms. The summed E-state index contributed by atoms with van der Waals surface area (Å²) in [4.78, 5) is 5.91. The number of aryl methyl sites for hydroxylation is 2. The quantitative estimate of drug-likeness (QED) is 0.783. The predicted octanol–water partition coefficient (Wildman–Crippen LogP) is 4.56. The van der Waals surface area contributed by atoms with Gasteiger partial charge in [-0.25, -0.2) is 4.98 Å². The molecule has 0 aliphatic heterocycles. The van der Waals surface area contributed by atoms with Crippen LogP contribution in [0.2, 0.25) is 0 Å². The maximum atomic E-state index is 9.62. The van der Waals surface area contributed by atoms with Crippen molar-refractivity contribution < 1.29 is 0 Å². The second-order valence-electron chi connectivity index (χ2n) is 5.59. The van der Waals surface area contributed by atoms with E-state index < -0.39 is 0 Å². The summed E-state index contributed by atoms with van der Waals surface area (Å²) in [7, 11) is 0. The molecule has 98 valence electrons. The Kier molecular flexibility index (Phi) is 4.40. The molecule has 2 nitrogen and oxygen atoms in total. The van der Waals surface area contributed by atoms with Crippen LogP contribution in [0.5, 0.6) is 0 Å². The molecule has 1 aliphatic rings. The third kappa shape index (κ3) is 3.11. The topological polar surface area (TPSA) is 36.7 Å². The highest BCUT2D eigenvalue weighted by Gasteiger charge is 2.31. The Balaban J connectivity index is 2.13. The monoisotopic (exact) mass is 262 g/mol. The molecule has 1 aliphatic carbocycles. The van der Waals surface area contributed by atoms with Crippen LogP contribution >= 0.6 is 11.3 Å². The predicted molar refractivity (Wildman–Crippen MR) is 75.7 cm³/mol. The first-order valence-electron chi connectivity index (χ1n) is 6.99. The molecule has 0 unspecified atom stereocenters. The molecular weight excluding hydrogens is 240 g/mol. The molecule has 0 aromatic carbocycles. The minimum atomic E-state index is -0.142. The Hall–Kier alpha value is -0.880. The highest BCUT2D eigenvalue weighted by atomic mass is 32.1. The Morgan fingerprint density at radius 1 is 1.17 bits per heavy atom. The lowest BCUT2D eigenvalue weighted by Gasteiger charge is -2.27. The summed E-state index contributed by atoms with van der Waals surface area (Å²) in [5.41, 5.74) is 0.992. The first kappa shape index (κ1) is 13.5.